The van der Waals surface area contributed by atoms with E-state index in [1.165, 1.54) is 6.42 Å². The van der Waals surface area contributed by atoms with Crippen LogP contribution >= 0.6 is 0 Å². The maximum Gasteiger partial charge on any atom is 0.0791 e. The maximum absolute atomic E-state index is 9.71. The molecular weight excluding hydrogens is 192 g/mol. The third kappa shape index (κ3) is 4.93. The Balaban J connectivity index is 2.17. The van der Waals surface area contributed by atoms with Gasteiger partial charge in [-0.25, -0.2) is 0 Å². The van der Waals surface area contributed by atoms with E-state index in [0.29, 0.717) is 13.1 Å². The molecule has 0 saturated heterocycles. The zero-order valence-electron chi connectivity index (χ0n) is 9.82. The van der Waals surface area contributed by atoms with Crippen molar-refractivity contribution >= 4 is 0 Å². The third-order valence-electron chi connectivity index (χ3n) is 2.92. The predicted molar refractivity (Wildman–Crippen MR) is 60.8 cm³/mol. The molecule has 4 heteroatoms. The number of hydrogen-bond acceptors (Lipinski definition) is 4. The van der Waals surface area contributed by atoms with Gasteiger partial charge in [0.25, 0.3) is 0 Å². The molecule has 1 fully saturated rings. The molecule has 0 radical (unpaired) electrons. The Morgan fingerprint density at radius 2 is 2.00 bits per heavy atom. The molecule has 1 aliphatic carbocycles. The molecule has 0 spiro atoms. The van der Waals surface area contributed by atoms with Crippen molar-refractivity contribution in [1.82, 2.24) is 10.2 Å². The summed E-state index contributed by atoms with van der Waals surface area (Å²) in [5.41, 5.74) is 0. The summed E-state index contributed by atoms with van der Waals surface area (Å²) in [7, 11) is 3.89. The van der Waals surface area contributed by atoms with Crippen LogP contribution in [-0.2, 0) is 0 Å². The van der Waals surface area contributed by atoms with Crippen molar-refractivity contribution in [2.45, 2.75) is 43.9 Å². The molecule has 0 aromatic heterocycles. The van der Waals surface area contributed by atoms with Gasteiger partial charge in [0.05, 0.1) is 12.2 Å². The van der Waals surface area contributed by atoms with Crippen LogP contribution < -0.4 is 5.32 Å². The minimum atomic E-state index is -0.353. The monoisotopic (exact) mass is 216 g/mol. The Morgan fingerprint density at radius 3 is 2.60 bits per heavy atom. The molecule has 3 N–H and O–H groups in total. The fourth-order valence-corrected chi connectivity index (χ4v) is 2.12. The van der Waals surface area contributed by atoms with Crippen molar-refractivity contribution in [3.8, 4) is 0 Å². The highest BCUT2D eigenvalue weighted by Gasteiger charge is 2.22. The minimum Gasteiger partial charge on any atom is -0.392 e. The SMILES string of the molecule is CN(C)CC(O)CNC1CCCCC1O. The summed E-state index contributed by atoms with van der Waals surface area (Å²) in [5.74, 6) is 0. The number of nitrogens with zero attached hydrogens (tertiary/aromatic N) is 1. The average molecular weight is 216 g/mol. The van der Waals surface area contributed by atoms with E-state index < -0.39 is 0 Å². The first-order chi connectivity index (χ1) is 7.09. The summed E-state index contributed by atoms with van der Waals surface area (Å²) in [6.45, 7) is 1.23. The maximum atomic E-state index is 9.71. The second-order valence-corrected chi connectivity index (χ2v) is 4.78. The number of aliphatic hydroxyl groups is 2. The Labute approximate surface area is 92.3 Å². The lowest BCUT2D eigenvalue weighted by Gasteiger charge is -2.29. The Kier molecular flexibility index (Phi) is 5.53. The van der Waals surface area contributed by atoms with Crippen molar-refractivity contribution < 1.29 is 10.2 Å². The first-order valence-corrected chi connectivity index (χ1v) is 5.84. The lowest BCUT2D eigenvalue weighted by atomic mass is 9.92. The summed E-state index contributed by atoms with van der Waals surface area (Å²) < 4.78 is 0. The van der Waals surface area contributed by atoms with E-state index in [-0.39, 0.29) is 18.2 Å². The molecule has 1 aliphatic rings. The van der Waals surface area contributed by atoms with E-state index in [1.807, 2.05) is 19.0 Å². The topological polar surface area (TPSA) is 55.7 Å². The molecule has 0 aromatic rings. The number of rotatable bonds is 5. The largest absolute Gasteiger partial charge is 0.392 e. The van der Waals surface area contributed by atoms with Crippen LogP contribution in [0.2, 0.25) is 0 Å². The van der Waals surface area contributed by atoms with E-state index >= 15 is 0 Å². The van der Waals surface area contributed by atoms with Crippen LogP contribution in [0.25, 0.3) is 0 Å². The smallest absolute Gasteiger partial charge is 0.0791 e. The van der Waals surface area contributed by atoms with Gasteiger partial charge >= 0.3 is 0 Å². The molecule has 90 valence electrons. The normalized spacial score (nSPS) is 29.4. The number of aliphatic hydroxyl groups excluding tert-OH is 2. The molecule has 1 rings (SSSR count). The number of hydrogen-bond donors (Lipinski definition) is 3. The van der Waals surface area contributed by atoms with Crippen LogP contribution in [0.5, 0.6) is 0 Å². The molecule has 0 heterocycles. The second kappa shape index (κ2) is 6.43. The Bertz CT molecular complexity index is 176. The quantitative estimate of drug-likeness (QED) is 0.596. The fourth-order valence-electron chi connectivity index (χ4n) is 2.12. The third-order valence-corrected chi connectivity index (χ3v) is 2.92. The van der Waals surface area contributed by atoms with Gasteiger partial charge in [0.2, 0.25) is 0 Å². The number of likely N-dealkylation sites (N-methyl/N-ethyl adjacent to an activating group) is 1. The van der Waals surface area contributed by atoms with E-state index in [9.17, 15) is 10.2 Å². The molecule has 0 amide bonds. The van der Waals surface area contributed by atoms with Gasteiger partial charge in [-0.15, -0.1) is 0 Å². The Morgan fingerprint density at radius 1 is 1.33 bits per heavy atom. The molecule has 3 unspecified atom stereocenters. The van der Waals surface area contributed by atoms with Crippen molar-refractivity contribution in [3.05, 3.63) is 0 Å². The molecular formula is C11H24N2O2. The summed E-state index contributed by atoms with van der Waals surface area (Å²) in [5, 5.41) is 22.6. The van der Waals surface area contributed by atoms with Gasteiger partial charge in [0.1, 0.15) is 0 Å². The predicted octanol–water partition coefficient (Wildman–Crippen LogP) is -0.198. The van der Waals surface area contributed by atoms with Crippen molar-refractivity contribution in [1.29, 1.82) is 0 Å². The van der Waals surface area contributed by atoms with Crippen LogP contribution in [0.15, 0.2) is 0 Å². The van der Waals surface area contributed by atoms with Gasteiger partial charge in [-0.3, -0.25) is 0 Å². The van der Waals surface area contributed by atoms with Gasteiger partial charge in [0, 0.05) is 19.1 Å². The van der Waals surface area contributed by atoms with E-state index in [2.05, 4.69) is 5.32 Å². The molecule has 15 heavy (non-hydrogen) atoms. The second-order valence-electron chi connectivity index (χ2n) is 4.78. The van der Waals surface area contributed by atoms with Gasteiger partial charge in [-0.1, -0.05) is 12.8 Å². The van der Waals surface area contributed by atoms with E-state index in [4.69, 9.17) is 0 Å². The zero-order chi connectivity index (χ0) is 11.3. The first-order valence-electron chi connectivity index (χ1n) is 5.84. The fraction of sp³-hybridized carbons (Fsp3) is 1.00. The molecule has 0 aromatic carbocycles. The Hall–Kier alpha value is -0.160. The van der Waals surface area contributed by atoms with Crippen molar-refractivity contribution in [2.24, 2.45) is 0 Å². The molecule has 4 nitrogen and oxygen atoms in total. The zero-order valence-corrected chi connectivity index (χ0v) is 9.82. The van der Waals surface area contributed by atoms with Crippen molar-refractivity contribution in [3.63, 3.8) is 0 Å². The average Bonchev–Trinajstić information content (AvgIpc) is 2.15. The lowest BCUT2D eigenvalue weighted by Crippen LogP contribution is -2.46. The van der Waals surface area contributed by atoms with Crippen LogP contribution in [-0.4, -0.2) is 60.5 Å². The highest BCUT2D eigenvalue weighted by molar-refractivity contribution is 4.81. The highest BCUT2D eigenvalue weighted by Crippen LogP contribution is 2.18. The van der Waals surface area contributed by atoms with E-state index in [1.54, 1.807) is 0 Å². The van der Waals surface area contributed by atoms with Crippen LogP contribution in [0.3, 0.4) is 0 Å². The van der Waals surface area contributed by atoms with Crippen LogP contribution in [0.1, 0.15) is 25.7 Å². The molecule has 3 atom stereocenters. The summed E-state index contributed by atoms with van der Waals surface area (Å²) in [6.07, 6.45) is 3.63. The molecule has 0 bridgehead atoms. The van der Waals surface area contributed by atoms with Gasteiger partial charge in [0.15, 0.2) is 0 Å². The summed E-state index contributed by atoms with van der Waals surface area (Å²) in [4.78, 5) is 1.96. The summed E-state index contributed by atoms with van der Waals surface area (Å²) in [6, 6.07) is 0.176. The highest BCUT2D eigenvalue weighted by atomic mass is 16.3. The lowest BCUT2D eigenvalue weighted by molar-refractivity contribution is 0.0748. The minimum absolute atomic E-state index is 0.176. The van der Waals surface area contributed by atoms with Crippen LogP contribution in [0, 0.1) is 0 Å². The molecule has 0 aliphatic heterocycles. The van der Waals surface area contributed by atoms with E-state index in [0.717, 1.165) is 19.3 Å². The standard InChI is InChI=1S/C11H24N2O2/c1-13(2)8-9(14)7-12-10-5-3-4-6-11(10)15/h9-12,14-15H,3-8H2,1-2H3. The van der Waals surface area contributed by atoms with Gasteiger partial charge < -0.3 is 20.4 Å². The van der Waals surface area contributed by atoms with Crippen molar-refractivity contribution in [2.75, 3.05) is 27.2 Å². The van der Waals surface area contributed by atoms with Crippen LogP contribution in [0.4, 0.5) is 0 Å². The number of nitrogens with one attached hydrogen (secondary N) is 1. The molecule has 1 saturated carbocycles. The summed E-state index contributed by atoms with van der Waals surface area (Å²) >= 11 is 0. The van der Waals surface area contributed by atoms with Gasteiger partial charge in [-0.05, 0) is 26.9 Å². The first kappa shape index (κ1) is 12.9. The van der Waals surface area contributed by atoms with Gasteiger partial charge in [-0.2, -0.15) is 0 Å².